The maximum atomic E-state index is 14.3. The van der Waals surface area contributed by atoms with Crippen LogP contribution in [0.4, 0.5) is 22.7 Å². The standard InChI is InChI=1S/C34H24N4O8/c39-31-25-16-24(17-4-2-1-3-5-17)26-22-14-15-23(27(26)30(25)34(42)35(31)18-6-10-20(11-7-18)37(43)44)29-28(22)32(40)36(33(29)41)19-8-12-21(13-9-19)38(45)46/h1-15,22-23,25,27-30H,16H2/t22-,23+,25+,27-,28+,29+,30-/m0/s1. The smallest absolute Gasteiger partial charge is 0.269 e. The number of hydrogen-bond acceptors (Lipinski definition) is 8. The first-order chi connectivity index (χ1) is 22.2. The van der Waals surface area contributed by atoms with Crippen LogP contribution in [0.1, 0.15) is 12.0 Å². The van der Waals surface area contributed by atoms with E-state index in [1.807, 2.05) is 42.5 Å². The van der Waals surface area contributed by atoms with Gasteiger partial charge in [-0.05, 0) is 47.7 Å². The number of nitro groups is 2. The Bertz CT molecular complexity index is 1950. The van der Waals surface area contributed by atoms with E-state index in [0.717, 1.165) is 26.5 Å². The van der Waals surface area contributed by atoms with E-state index in [1.165, 1.54) is 48.5 Å². The highest BCUT2D eigenvalue weighted by Crippen LogP contribution is 2.63. The van der Waals surface area contributed by atoms with Crippen LogP contribution in [0.5, 0.6) is 0 Å². The molecule has 6 aliphatic rings. The number of carbonyl (C=O) groups excluding carboxylic acids is 4. The number of anilines is 2. The van der Waals surface area contributed by atoms with Crippen LogP contribution < -0.4 is 9.80 Å². The van der Waals surface area contributed by atoms with Gasteiger partial charge < -0.3 is 0 Å². The van der Waals surface area contributed by atoms with Crippen LogP contribution >= 0.6 is 0 Å². The molecule has 46 heavy (non-hydrogen) atoms. The Balaban J connectivity index is 1.24. The number of imide groups is 2. The Kier molecular flexibility index (Phi) is 5.95. The second-order valence-corrected chi connectivity index (χ2v) is 12.3. The topological polar surface area (TPSA) is 161 Å². The Morgan fingerprint density at radius 3 is 1.67 bits per heavy atom. The van der Waals surface area contributed by atoms with Gasteiger partial charge in [-0.3, -0.25) is 44.3 Å². The van der Waals surface area contributed by atoms with Crippen molar-refractivity contribution in [2.75, 3.05) is 9.80 Å². The van der Waals surface area contributed by atoms with E-state index in [4.69, 9.17) is 0 Å². The zero-order valence-corrected chi connectivity index (χ0v) is 24.0. The van der Waals surface area contributed by atoms with Crippen molar-refractivity contribution in [1.29, 1.82) is 0 Å². The molecule has 7 atom stereocenters. The van der Waals surface area contributed by atoms with Crippen LogP contribution in [0.3, 0.4) is 0 Å². The molecule has 0 unspecified atom stereocenters. The number of non-ortho nitro benzene ring substituents is 2. The molecule has 1 saturated carbocycles. The summed E-state index contributed by atoms with van der Waals surface area (Å²) in [6.45, 7) is 0. The summed E-state index contributed by atoms with van der Waals surface area (Å²) < 4.78 is 0. The monoisotopic (exact) mass is 616 g/mol. The van der Waals surface area contributed by atoms with E-state index in [0.29, 0.717) is 0 Å². The number of allylic oxidation sites excluding steroid dienone is 4. The molecule has 4 amide bonds. The third-order valence-corrected chi connectivity index (χ3v) is 10.3. The van der Waals surface area contributed by atoms with E-state index in [2.05, 4.69) is 0 Å². The maximum absolute atomic E-state index is 14.3. The molecule has 0 N–H and O–H groups in total. The van der Waals surface area contributed by atoms with Crippen molar-refractivity contribution in [2.45, 2.75) is 6.42 Å². The first kappa shape index (κ1) is 27.7. The van der Waals surface area contributed by atoms with Gasteiger partial charge in [0.25, 0.3) is 11.4 Å². The van der Waals surface area contributed by atoms with Crippen LogP contribution in [0.2, 0.25) is 0 Å². The first-order valence-electron chi connectivity index (χ1n) is 14.9. The minimum atomic E-state index is -0.792. The third kappa shape index (κ3) is 3.73. The number of amides is 4. The zero-order valence-electron chi connectivity index (χ0n) is 24.0. The predicted octanol–water partition coefficient (Wildman–Crippen LogP) is 4.70. The van der Waals surface area contributed by atoms with Crippen molar-refractivity contribution in [3.63, 3.8) is 0 Å². The van der Waals surface area contributed by atoms with Gasteiger partial charge in [-0.1, -0.05) is 48.1 Å². The number of benzene rings is 3. The highest BCUT2D eigenvalue weighted by Gasteiger charge is 2.67. The molecule has 0 spiro atoms. The summed E-state index contributed by atoms with van der Waals surface area (Å²) in [5.74, 6) is -6.26. The molecule has 9 rings (SSSR count). The normalized spacial score (nSPS) is 29.3. The van der Waals surface area contributed by atoms with Crippen molar-refractivity contribution in [3.05, 3.63) is 122 Å². The lowest BCUT2D eigenvalue weighted by Gasteiger charge is -2.51. The predicted molar refractivity (Wildman–Crippen MR) is 163 cm³/mol. The molecular weight excluding hydrogens is 592 g/mol. The lowest BCUT2D eigenvalue weighted by atomic mass is 9.49. The molecular formula is C34H24N4O8. The second-order valence-electron chi connectivity index (χ2n) is 12.3. The van der Waals surface area contributed by atoms with E-state index in [9.17, 15) is 39.4 Å². The van der Waals surface area contributed by atoms with Gasteiger partial charge in [0.05, 0.1) is 44.9 Å². The molecule has 3 aromatic carbocycles. The average Bonchev–Trinajstić information content (AvgIpc) is 3.50. The van der Waals surface area contributed by atoms with Gasteiger partial charge in [-0.15, -0.1) is 0 Å². The third-order valence-electron chi connectivity index (χ3n) is 10.3. The fourth-order valence-electron chi connectivity index (χ4n) is 8.47. The summed E-state index contributed by atoms with van der Waals surface area (Å²) in [6, 6.07) is 20.1. The van der Waals surface area contributed by atoms with Gasteiger partial charge in [0.2, 0.25) is 23.6 Å². The molecule has 3 fully saturated rings. The number of nitro benzene ring substituents is 2. The number of nitrogens with zero attached hydrogens (tertiary/aromatic N) is 4. The van der Waals surface area contributed by atoms with Gasteiger partial charge >= 0.3 is 0 Å². The molecule has 228 valence electrons. The van der Waals surface area contributed by atoms with Crippen LogP contribution in [-0.2, 0) is 19.2 Å². The van der Waals surface area contributed by atoms with Gasteiger partial charge in [-0.25, -0.2) is 4.90 Å². The number of carbonyl (C=O) groups is 4. The summed E-state index contributed by atoms with van der Waals surface area (Å²) in [7, 11) is 0. The lowest BCUT2D eigenvalue weighted by Crippen LogP contribution is -2.51. The number of hydrogen-bond donors (Lipinski definition) is 0. The minimum Gasteiger partial charge on any atom is -0.274 e. The fourth-order valence-corrected chi connectivity index (χ4v) is 8.47. The van der Waals surface area contributed by atoms with E-state index in [1.54, 1.807) is 0 Å². The van der Waals surface area contributed by atoms with Gasteiger partial charge in [-0.2, -0.15) is 0 Å². The molecule has 3 aromatic rings. The molecule has 0 aromatic heterocycles. The van der Waals surface area contributed by atoms with Crippen LogP contribution in [0, 0.1) is 61.7 Å². The average molecular weight is 617 g/mol. The van der Waals surface area contributed by atoms with Crippen molar-refractivity contribution in [3.8, 4) is 0 Å². The van der Waals surface area contributed by atoms with Crippen molar-refractivity contribution >= 4 is 52.0 Å². The Labute approximate surface area is 260 Å². The molecule has 12 nitrogen and oxygen atoms in total. The van der Waals surface area contributed by atoms with E-state index < -0.39 is 74.9 Å². The maximum Gasteiger partial charge on any atom is 0.269 e. The van der Waals surface area contributed by atoms with Crippen molar-refractivity contribution in [1.82, 2.24) is 0 Å². The molecule has 4 aliphatic carbocycles. The van der Waals surface area contributed by atoms with E-state index >= 15 is 0 Å². The molecule has 2 aliphatic heterocycles. The second kappa shape index (κ2) is 9.86. The van der Waals surface area contributed by atoms with Gasteiger partial charge in [0.1, 0.15) is 0 Å². The van der Waals surface area contributed by atoms with Gasteiger partial charge in [0, 0.05) is 36.1 Å². The number of fused-ring (bicyclic) bond motifs is 1. The van der Waals surface area contributed by atoms with Crippen LogP contribution in [-0.4, -0.2) is 33.5 Å². The largest absolute Gasteiger partial charge is 0.274 e. The van der Waals surface area contributed by atoms with Crippen molar-refractivity contribution in [2.24, 2.45) is 41.4 Å². The first-order valence-corrected chi connectivity index (χ1v) is 14.9. The van der Waals surface area contributed by atoms with Crippen molar-refractivity contribution < 1.29 is 29.0 Å². The van der Waals surface area contributed by atoms with Gasteiger partial charge in [0.15, 0.2) is 0 Å². The zero-order chi connectivity index (χ0) is 32.0. The molecule has 2 saturated heterocycles. The summed E-state index contributed by atoms with van der Waals surface area (Å²) in [4.78, 5) is 80.0. The fraction of sp³-hybridized carbons (Fsp3) is 0.235. The molecule has 0 radical (unpaired) electrons. The Morgan fingerprint density at radius 2 is 1.11 bits per heavy atom. The highest BCUT2D eigenvalue weighted by atomic mass is 16.6. The van der Waals surface area contributed by atoms with E-state index in [-0.39, 0.29) is 29.2 Å². The quantitative estimate of drug-likeness (QED) is 0.172. The molecule has 12 heteroatoms. The summed E-state index contributed by atoms with van der Waals surface area (Å²) in [5.41, 5.74) is 2.78. The Hall–Kier alpha value is -5.78. The summed E-state index contributed by atoms with van der Waals surface area (Å²) >= 11 is 0. The SMILES string of the molecule is O=C1[C@@H]2[C@@H]3C=C[C@@H](C4=C(c5ccccc5)C[C@H]5C(=O)N(c6ccc([N+](=O)[O-])cc6)C(=O)[C@@H]5[C@H]43)[C@H]2C(=O)N1c1ccc([N+](=O)[O-])cc1. The van der Waals surface area contributed by atoms with Crippen LogP contribution in [0.15, 0.2) is 96.6 Å². The summed E-state index contributed by atoms with van der Waals surface area (Å²) in [6.07, 6.45) is 4.11. The number of rotatable bonds is 5. The van der Waals surface area contributed by atoms with Crippen LogP contribution in [0.25, 0.3) is 5.57 Å². The molecule has 2 heterocycles. The summed E-state index contributed by atoms with van der Waals surface area (Å²) in [5, 5.41) is 22.4. The minimum absolute atomic E-state index is 0.168. The highest BCUT2D eigenvalue weighted by molar-refractivity contribution is 6.24. The molecule has 2 bridgehead atoms. The Morgan fingerprint density at radius 1 is 0.587 bits per heavy atom. The lowest BCUT2D eigenvalue weighted by molar-refractivity contribution is -0.385.